The van der Waals surface area contributed by atoms with Gasteiger partial charge in [0.15, 0.2) is 5.54 Å². The van der Waals surface area contributed by atoms with Crippen LogP contribution in [0.3, 0.4) is 0 Å². The third-order valence-electron chi connectivity index (χ3n) is 3.34. The van der Waals surface area contributed by atoms with E-state index < -0.39 is 0 Å². The summed E-state index contributed by atoms with van der Waals surface area (Å²) in [5.41, 5.74) is -0.158. The van der Waals surface area contributed by atoms with Crippen LogP contribution in [0.4, 0.5) is 0 Å². The first kappa shape index (κ1) is 11.3. The van der Waals surface area contributed by atoms with E-state index in [2.05, 4.69) is 26.7 Å². The first-order chi connectivity index (χ1) is 6.38. The number of hydrogen-bond acceptors (Lipinski definition) is 1. The number of rotatable bonds is 1. The first-order valence-electron chi connectivity index (χ1n) is 5.25. The summed E-state index contributed by atoms with van der Waals surface area (Å²) in [6.07, 6.45) is 6.19. The van der Waals surface area contributed by atoms with Crippen molar-refractivity contribution in [2.45, 2.75) is 45.7 Å². The molecule has 0 bridgehead atoms. The quantitative estimate of drug-likeness (QED) is 0.595. The van der Waals surface area contributed by atoms with Crippen molar-refractivity contribution in [3.63, 3.8) is 0 Å². The topological polar surface area (TPSA) is 21.5 Å². The molecule has 1 aliphatic rings. The molecule has 1 heterocycles. The molecule has 0 aromatic heterocycles. The molecule has 0 spiro atoms. The van der Waals surface area contributed by atoms with Gasteiger partial charge in [0.05, 0.1) is 24.9 Å². The van der Waals surface area contributed by atoms with Gasteiger partial charge in [0, 0.05) is 13.8 Å². The smallest absolute Gasteiger partial charge is 0.153 e. The van der Waals surface area contributed by atoms with Gasteiger partial charge in [-0.1, -0.05) is 6.92 Å². The zero-order chi connectivity index (χ0) is 10.9. The summed E-state index contributed by atoms with van der Waals surface area (Å²) >= 11 is 0. The van der Waals surface area contributed by atoms with Crippen molar-refractivity contribution < 1.29 is 9.69 Å². The lowest BCUT2D eigenvalue weighted by Gasteiger charge is -2.40. The Morgan fingerprint density at radius 1 is 1.50 bits per heavy atom. The molecule has 0 aromatic carbocycles. The minimum Gasteiger partial charge on any atom is -0.317 e. The van der Waals surface area contributed by atoms with Gasteiger partial charge in [-0.25, -0.2) is 0 Å². The van der Waals surface area contributed by atoms with Crippen LogP contribution < -0.4 is 4.90 Å². The molecule has 0 saturated carbocycles. The van der Waals surface area contributed by atoms with Crippen LogP contribution in [0.1, 0.15) is 34.1 Å². The molecule has 1 aliphatic heterocycles. The molecule has 0 radical (unpaired) electrons. The van der Waals surface area contributed by atoms with Crippen molar-refractivity contribution in [1.82, 2.24) is 0 Å². The Bertz CT molecular complexity index is 275. The van der Waals surface area contributed by atoms with E-state index in [9.17, 15) is 4.79 Å². The van der Waals surface area contributed by atoms with E-state index in [1.54, 1.807) is 0 Å². The summed E-state index contributed by atoms with van der Waals surface area (Å²) in [7, 11) is 0. The Morgan fingerprint density at radius 3 is 2.57 bits per heavy atom. The molecule has 3 atom stereocenters. The fraction of sp³-hybridized carbons (Fsp3) is 0.750. The maximum Gasteiger partial charge on any atom is 0.153 e. The van der Waals surface area contributed by atoms with Crippen LogP contribution in [-0.4, -0.2) is 23.9 Å². The molecule has 2 heteroatoms. The molecule has 1 N–H and O–H groups in total. The van der Waals surface area contributed by atoms with Gasteiger partial charge in [0.25, 0.3) is 0 Å². The SMILES string of the molecule is C#CC(C)(C)[NH+]1C[C@@H](C)C(=O)C[C@H]1C. The molecule has 1 fully saturated rings. The summed E-state index contributed by atoms with van der Waals surface area (Å²) in [5, 5.41) is 0. The zero-order valence-corrected chi connectivity index (χ0v) is 9.55. The largest absolute Gasteiger partial charge is 0.317 e. The van der Waals surface area contributed by atoms with E-state index in [4.69, 9.17) is 6.42 Å². The Labute approximate surface area is 86.7 Å². The van der Waals surface area contributed by atoms with Crippen LogP contribution >= 0.6 is 0 Å². The van der Waals surface area contributed by atoms with Crippen molar-refractivity contribution in [1.29, 1.82) is 0 Å². The maximum atomic E-state index is 11.5. The van der Waals surface area contributed by atoms with E-state index in [0.29, 0.717) is 18.2 Å². The highest BCUT2D eigenvalue weighted by atomic mass is 16.1. The lowest BCUT2D eigenvalue weighted by atomic mass is 9.89. The lowest BCUT2D eigenvalue weighted by Crippen LogP contribution is -3.23. The number of ketones is 1. The number of nitrogens with one attached hydrogen (secondary N) is 1. The second-order valence-electron chi connectivity index (χ2n) is 4.97. The number of quaternary nitrogens is 1. The van der Waals surface area contributed by atoms with Gasteiger partial charge < -0.3 is 4.90 Å². The minimum atomic E-state index is -0.158. The van der Waals surface area contributed by atoms with Gasteiger partial charge in [-0.3, -0.25) is 4.79 Å². The van der Waals surface area contributed by atoms with E-state index >= 15 is 0 Å². The highest BCUT2D eigenvalue weighted by Gasteiger charge is 2.40. The van der Waals surface area contributed by atoms with Crippen molar-refractivity contribution in [2.24, 2.45) is 5.92 Å². The first-order valence-corrected chi connectivity index (χ1v) is 5.25. The Morgan fingerprint density at radius 2 is 2.07 bits per heavy atom. The second kappa shape index (κ2) is 3.74. The molecular formula is C12H20NO+. The number of terminal acetylenes is 1. The molecule has 14 heavy (non-hydrogen) atoms. The van der Waals surface area contributed by atoms with Crippen LogP contribution in [0.2, 0.25) is 0 Å². The standard InChI is InChI=1S/C12H19NO/c1-6-12(4,5)13-8-9(2)11(14)7-10(13)3/h1,9-10H,7-8H2,2-5H3/p+1/t9-,10-/m1/s1. The summed E-state index contributed by atoms with van der Waals surface area (Å²) in [4.78, 5) is 12.9. The zero-order valence-electron chi connectivity index (χ0n) is 9.55. The van der Waals surface area contributed by atoms with Gasteiger partial charge in [-0.15, -0.1) is 6.42 Å². The van der Waals surface area contributed by atoms with Crippen LogP contribution in [0.25, 0.3) is 0 Å². The van der Waals surface area contributed by atoms with Gasteiger partial charge >= 0.3 is 0 Å². The number of carbonyl (C=O) groups excluding carboxylic acids is 1. The number of hydrogen-bond donors (Lipinski definition) is 1. The number of Topliss-reactive ketones (excluding diaryl/α,β-unsaturated/α-hetero) is 1. The molecule has 0 amide bonds. The second-order valence-corrected chi connectivity index (χ2v) is 4.97. The van der Waals surface area contributed by atoms with Gasteiger partial charge in [-0.05, 0) is 12.8 Å². The maximum absolute atomic E-state index is 11.5. The molecular weight excluding hydrogens is 174 g/mol. The van der Waals surface area contributed by atoms with E-state index in [-0.39, 0.29) is 11.5 Å². The monoisotopic (exact) mass is 194 g/mol. The Balaban J connectivity index is 2.82. The minimum absolute atomic E-state index is 0.158. The van der Waals surface area contributed by atoms with Crippen molar-refractivity contribution >= 4 is 5.78 Å². The molecule has 78 valence electrons. The van der Waals surface area contributed by atoms with Crippen LogP contribution in [0.5, 0.6) is 0 Å². The van der Waals surface area contributed by atoms with Crippen molar-refractivity contribution in [3.05, 3.63) is 0 Å². The lowest BCUT2D eigenvalue weighted by molar-refractivity contribution is -0.965. The fourth-order valence-electron chi connectivity index (χ4n) is 2.23. The van der Waals surface area contributed by atoms with Crippen LogP contribution in [-0.2, 0) is 4.79 Å². The van der Waals surface area contributed by atoms with Crippen molar-refractivity contribution in [3.8, 4) is 12.3 Å². The molecule has 1 unspecified atom stereocenters. The van der Waals surface area contributed by atoms with Gasteiger partial charge in [0.2, 0.25) is 0 Å². The Hall–Kier alpha value is -0.810. The van der Waals surface area contributed by atoms with E-state index in [0.717, 1.165) is 6.54 Å². The average molecular weight is 194 g/mol. The van der Waals surface area contributed by atoms with Gasteiger partial charge in [-0.2, -0.15) is 0 Å². The van der Waals surface area contributed by atoms with Gasteiger partial charge in [0.1, 0.15) is 5.78 Å². The molecule has 1 rings (SSSR count). The molecule has 1 saturated heterocycles. The van der Waals surface area contributed by atoms with E-state index in [1.807, 2.05) is 6.92 Å². The summed E-state index contributed by atoms with van der Waals surface area (Å²) in [5.74, 6) is 3.37. The Kier molecular flexibility index (Phi) is 3.01. The highest BCUT2D eigenvalue weighted by Crippen LogP contribution is 2.09. The summed E-state index contributed by atoms with van der Waals surface area (Å²) in [6.45, 7) is 9.12. The third kappa shape index (κ3) is 1.99. The van der Waals surface area contributed by atoms with Crippen LogP contribution in [0, 0.1) is 18.3 Å². The summed E-state index contributed by atoms with van der Waals surface area (Å²) in [6, 6.07) is 0.352. The highest BCUT2D eigenvalue weighted by molar-refractivity contribution is 5.81. The molecule has 0 aliphatic carbocycles. The summed E-state index contributed by atoms with van der Waals surface area (Å²) < 4.78 is 0. The van der Waals surface area contributed by atoms with Crippen LogP contribution in [0.15, 0.2) is 0 Å². The molecule has 0 aromatic rings. The predicted molar refractivity (Wildman–Crippen MR) is 57.0 cm³/mol. The number of carbonyl (C=O) groups is 1. The average Bonchev–Trinajstić information content (AvgIpc) is 2.11. The number of likely N-dealkylation sites (tertiary alicyclic amines) is 1. The fourth-order valence-corrected chi connectivity index (χ4v) is 2.23. The normalized spacial score (nSPS) is 33.9. The van der Waals surface area contributed by atoms with Crippen molar-refractivity contribution in [2.75, 3.05) is 6.54 Å². The van der Waals surface area contributed by atoms with E-state index in [1.165, 1.54) is 4.90 Å². The number of piperidine rings is 1. The molecule has 2 nitrogen and oxygen atoms in total. The third-order valence-corrected chi connectivity index (χ3v) is 3.34. The predicted octanol–water partition coefficient (Wildman–Crippen LogP) is 0.280.